The van der Waals surface area contributed by atoms with Crippen molar-refractivity contribution < 1.29 is 13.2 Å². The van der Waals surface area contributed by atoms with E-state index in [1.165, 1.54) is 25.2 Å². The van der Waals surface area contributed by atoms with Gasteiger partial charge in [0.1, 0.15) is 11.6 Å². The van der Waals surface area contributed by atoms with Crippen LogP contribution < -0.4 is 10.0 Å². The number of amides is 1. The maximum atomic E-state index is 12.6. The van der Waals surface area contributed by atoms with Crippen molar-refractivity contribution in [3.63, 3.8) is 0 Å². The highest BCUT2D eigenvalue weighted by Gasteiger charge is 2.42. The van der Waals surface area contributed by atoms with Crippen LogP contribution in [-0.2, 0) is 14.8 Å². The molecule has 0 saturated heterocycles. The number of nitriles is 1. The molecule has 8 heteroatoms. The van der Waals surface area contributed by atoms with Gasteiger partial charge in [0.05, 0.1) is 15.5 Å². The summed E-state index contributed by atoms with van der Waals surface area (Å²) in [6.45, 7) is 0. The molecule has 1 aliphatic carbocycles. The van der Waals surface area contributed by atoms with Gasteiger partial charge in [-0.2, -0.15) is 9.98 Å². The Morgan fingerprint density at radius 2 is 1.96 bits per heavy atom. The molecule has 0 aromatic heterocycles. The maximum absolute atomic E-state index is 12.6. The largest absolute Gasteiger partial charge is 0.358 e. The summed E-state index contributed by atoms with van der Waals surface area (Å²) in [7, 11) is -2.43. The lowest BCUT2D eigenvalue weighted by Crippen LogP contribution is -2.58. The van der Waals surface area contributed by atoms with E-state index in [0.29, 0.717) is 12.8 Å². The molecule has 0 aliphatic heterocycles. The standard InChI is InChI=1S/C15H18ClN3O3S/c1-18-14(20)15(7-3-2-4-8-15)19-23(21,22)12-6-5-11(10-17)13(16)9-12/h5-6,9,19H,2-4,7-8H2,1H3,(H,18,20). The summed E-state index contributed by atoms with van der Waals surface area (Å²) in [5, 5.41) is 11.5. The number of likely N-dealkylation sites (N-methyl/N-ethyl adjacent to an activating group) is 1. The number of benzene rings is 1. The first kappa shape index (κ1) is 17.7. The molecule has 0 unspecified atom stereocenters. The summed E-state index contributed by atoms with van der Waals surface area (Å²) in [5.74, 6) is -0.333. The quantitative estimate of drug-likeness (QED) is 0.862. The lowest BCUT2D eigenvalue weighted by atomic mass is 9.82. The minimum absolute atomic E-state index is 0.0599. The number of hydrogen-bond acceptors (Lipinski definition) is 4. The van der Waals surface area contributed by atoms with E-state index >= 15 is 0 Å². The van der Waals surface area contributed by atoms with Crippen LogP contribution in [0.4, 0.5) is 0 Å². The smallest absolute Gasteiger partial charge is 0.241 e. The summed E-state index contributed by atoms with van der Waals surface area (Å²) in [6.07, 6.45) is 3.45. The predicted molar refractivity (Wildman–Crippen MR) is 86.4 cm³/mol. The zero-order chi connectivity index (χ0) is 17.1. The Balaban J connectivity index is 2.37. The summed E-state index contributed by atoms with van der Waals surface area (Å²) in [5.41, 5.74) is -0.934. The molecular formula is C15H18ClN3O3S. The minimum Gasteiger partial charge on any atom is -0.358 e. The van der Waals surface area contributed by atoms with Gasteiger partial charge in [-0.1, -0.05) is 30.9 Å². The molecule has 1 amide bonds. The number of rotatable bonds is 4. The molecule has 2 rings (SSSR count). The average Bonchev–Trinajstić information content (AvgIpc) is 2.54. The Hall–Kier alpha value is -1.62. The van der Waals surface area contributed by atoms with E-state index in [0.717, 1.165) is 19.3 Å². The Morgan fingerprint density at radius 3 is 2.48 bits per heavy atom. The van der Waals surface area contributed by atoms with Crippen LogP contribution in [0.5, 0.6) is 0 Å². The predicted octanol–water partition coefficient (Wildman–Crippen LogP) is 1.94. The number of nitrogens with one attached hydrogen (secondary N) is 2. The van der Waals surface area contributed by atoms with Crippen LogP contribution in [0.1, 0.15) is 37.7 Å². The molecule has 0 spiro atoms. The van der Waals surface area contributed by atoms with E-state index in [1.807, 2.05) is 6.07 Å². The summed E-state index contributed by atoms with van der Waals surface area (Å²) in [6, 6.07) is 5.77. The molecule has 1 aromatic rings. The van der Waals surface area contributed by atoms with Gasteiger partial charge in [-0.3, -0.25) is 4.79 Å². The normalized spacial score (nSPS) is 17.3. The highest BCUT2D eigenvalue weighted by Crippen LogP contribution is 2.31. The van der Waals surface area contributed by atoms with E-state index in [-0.39, 0.29) is 21.4 Å². The van der Waals surface area contributed by atoms with E-state index < -0.39 is 15.6 Å². The zero-order valence-corrected chi connectivity index (χ0v) is 14.3. The van der Waals surface area contributed by atoms with Gasteiger partial charge >= 0.3 is 0 Å². The monoisotopic (exact) mass is 355 g/mol. The summed E-state index contributed by atoms with van der Waals surface area (Å²) >= 11 is 5.91. The lowest BCUT2D eigenvalue weighted by Gasteiger charge is -2.35. The minimum atomic E-state index is -3.93. The van der Waals surface area contributed by atoms with Crippen LogP contribution >= 0.6 is 11.6 Å². The van der Waals surface area contributed by atoms with Crippen molar-refractivity contribution >= 4 is 27.5 Å². The van der Waals surface area contributed by atoms with Crippen LogP contribution in [0.2, 0.25) is 5.02 Å². The number of hydrogen-bond donors (Lipinski definition) is 2. The fraction of sp³-hybridized carbons (Fsp3) is 0.467. The van der Waals surface area contributed by atoms with Crippen molar-refractivity contribution in [3.8, 4) is 6.07 Å². The van der Waals surface area contributed by atoms with Crippen LogP contribution in [-0.4, -0.2) is 26.9 Å². The highest BCUT2D eigenvalue weighted by molar-refractivity contribution is 7.89. The second-order valence-electron chi connectivity index (χ2n) is 5.58. The fourth-order valence-corrected chi connectivity index (χ4v) is 4.58. The van der Waals surface area contributed by atoms with Crippen LogP contribution in [0.15, 0.2) is 23.1 Å². The van der Waals surface area contributed by atoms with E-state index in [4.69, 9.17) is 16.9 Å². The SMILES string of the molecule is CNC(=O)C1(NS(=O)(=O)c2ccc(C#N)c(Cl)c2)CCCCC1. The van der Waals surface area contributed by atoms with Gasteiger partial charge in [0.2, 0.25) is 15.9 Å². The molecule has 1 aromatic carbocycles. The fourth-order valence-electron chi connectivity index (χ4n) is 2.84. The van der Waals surface area contributed by atoms with E-state index in [1.54, 1.807) is 0 Å². The molecule has 0 radical (unpaired) electrons. The molecule has 23 heavy (non-hydrogen) atoms. The lowest BCUT2D eigenvalue weighted by molar-refractivity contribution is -0.127. The van der Waals surface area contributed by atoms with Gasteiger partial charge in [-0.05, 0) is 31.0 Å². The third kappa shape index (κ3) is 3.66. The number of carbonyl (C=O) groups is 1. The molecule has 1 fully saturated rings. The van der Waals surface area contributed by atoms with Crippen LogP contribution in [0, 0.1) is 11.3 Å². The van der Waals surface area contributed by atoms with Gasteiger partial charge < -0.3 is 5.32 Å². The first-order valence-electron chi connectivity index (χ1n) is 7.30. The molecule has 2 N–H and O–H groups in total. The van der Waals surface area contributed by atoms with Crippen LogP contribution in [0.25, 0.3) is 0 Å². The Bertz CT molecular complexity index is 750. The number of sulfonamides is 1. The average molecular weight is 356 g/mol. The summed E-state index contributed by atoms with van der Waals surface area (Å²) < 4.78 is 27.8. The molecule has 1 aliphatic rings. The first-order valence-corrected chi connectivity index (χ1v) is 9.16. The number of halogens is 1. The van der Waals surface area contributed by atoms with Crippen molar-refractivity contribution in [3.05, 3.63) is 28.8 Å². The topological polar surface area (TPSA) is 99.1 Å². The van der Waals surface area contributed by atoms with Crippen LogP contribution in [0.3, 0.4) is 0 Å². The van der Waals surface area contributed by atoms with Gasteiger partial charge in [0.15, 0.2) is 0 Å². The third-order valence-electron chi connectivity index (χ3n) is 4.07. The molecule has 0 atom stereocenters. The number of carbonyl (C=O) groups excluding carboxylic acids is 1. The van der Waals surface area contributed by atoms with Gasteiger partial charge in [-0.15, -0.1) is 0 Å². The summed E-state index contributed by atoms with van der Waals surface area (Å²) in [4.78, 5) is 12.2. The first-order chi connectivity index (χ1) is 10.8. The van der Waals surface area contributed by atoms with E-state index in [2.05, 4.69) is 10.0 Å². The van der Waals surface area contributed by atoms with E-state index in [9.17, 15) is 13.2 Å². The zero-order valence-electron chi connectivity index (χ0n) is 12.7. The van der Waals surface area contributed by atoms with Crippen molar-refractivity contribution in [2.45, 2.75) is 42.5 Å². The molecule has 6 nitrogen and oxygen atoms in total. The molecule has 124 valence electrons. The second kappa shape index (κ2) is 6.87. The molecule has 0 heterocycles. The van der Waals surface area contributed by atoms with Gasteiger partial charge in [0.25, 0.3) is 0 Å². The third-order valence-corrected chi connectivity index (χ3v) is 5.92. The molecular weight excluding hydrogens is 338 g/mol. The van der Waals surface area contributed by atoms with Crippen molar-refractivity contribution in [1.29, 1.82) is 5.26 Å². The Morgan fingerprint density at radius 1 is 1.30 bits per heavy atom. The number of nitrogens with zero attached hydrogens (tertiary/aromatic N) is 1. The second-order valence-corrected chi connectivity index (χ2v) is 7.67. The van der Waals surface area contributed by atoms with Gasteiger partial charge in [-0.25, -0.2) is 8.42 Å². The van der Waals surface area contributed by atoms with Crippen molar-refractivity contribution in [1.82, 2.24) is 10.0 Å². The highest BCUT2D eigenvalue weighted by atomic mass is 35.5. The maximum Gasteiger partial charge on any atom is 0.241 e. The van der Waals surface area contributed by atoms with Crippen molar-refractivity contribution in [2.24, 2.45) is 0 Å². The van der Waals surface area contributed by atoms with Crippen molar-refractivity contribution in [2.75, 3.05) is 7.05 Å². The Kier molecular flexibility index (Phi) is 5.30. The molecule has 1 saturated carbocycles. The Labute approximate surface area is 140 Å². The molecule has 0 bridgehead atoms. The van der Waals surface area contributed by atoms with Gasteiger partial charge in [0, 0.05) is 7.05 Å².